The van der Waals surface area contributed by atoms with E-state index in [1.54, 1.807) is 0 Å². The Hall–Kier alpha value is -0.180. The van der Waals surface area contributed by atoms with E-state index in [1.807, 2.05) is 20.8 Å². The molecule has 0 unspecified atom stereocenters. The average molecular weight is 133 g/mol. The van der Waals surface area contributed by atoms with E-state index in [2.05, 4.69) is 4.36 Å². The molecule has 0 radical (unpaired) electrons. The molecule has 0 rings (SSSR count). The normalized spacial score (nSPS) is 10.9. The number of hydrogen-bond donors (Lipinski definition) is 0. The summed E-state index contributed by atoms with van der Waals surface area (Å²) in [5.74, 6) is 0. The number of rotatable bonds is 1. The van der Waals surface area contributed by atoms with E-state index in [1.165, 1.54) is 0 Å². The third kappa shape index (κ3) is 5.82. The van der Waals surface area contributed by atoms with Crippen molar-refractivity contribution in [3.05, 3.63) is 0 Å². The molecule has 8 heavy (non-hydrogen) atoms. The first kappa shape index (κ1) is 7.82. The SMILES string of the molecule is CC(C)(C)CN=S=O. The Morgan fingerprint density at radius 2 is 2.00 bits per heavy atom. The summed E-state index contributed by atoms with van der Waals surface area (Å²) in [6.45, 7) is 6.79. The Morgan fingerprint density at radius 3 is 2.12 bits per heavy atom. The molecule has 0 aromatic carbocycles. The van der Waals surface area contributed by atoms with E-state index in [9.17, 15) is 4.21 Å². The molecule has 0 bridgehead atoms. The van der Waals surface area contributed by atoms with Gasteiger partial charge in [-0.05, 0) is 5.41 Å². The van der Waals surface area contributed by atoms with Gasteiger partial charge in [-0.15, -0.1) is 0 Å². The highest BCUT2D eigenvalue weighted by Gasteiger charge is 2.07. The smallest absolute Gasteiger partial charge is 0.194 e. The Morgan fingerprint density at radius 1 is 1.50 bits per heavy atom. The molecule has 0 fully saturated rings. The van der Waals surface area contributed by atoms with Crippen molar-refractivity contribution in [3.63, 3.8) is 0 Å². The second-order valence-electron chi connectivity index (χ2n) is 2.92. The summed E-state index contributed by atoms with van der Waals surface area (Å²) in [6, 6.07) is 0. The summed E-state index contributed by atoms with van der Waals surface area (Å²) in [7, 11) is 0. The van der Waals surface area contributed by atoms with Crippen LogP contribution in [0.2, 0.25) is 0 Å². The molecule has 3 heteroatoms. The highest BCUT2D eigenvalue weighted by atomic mass is 32.1. The second kappa shape index (κ2) is 2.97. The van der Waals surface area contributed by atoms with Crippen molar-refractivity contribution in [3.8, 4) is 0 Å². The number of nitrogens with zero attached hydrogens (tertiary/aromatic N) is 1. The minimum atomic E-state index is 0.164. The standard InChI is InChI=1S/C5H11NOS/c1-5(2,3)4-6-8-7/h4H2,1-3H3. The van der Waals surface area contributed by atoms with Gasteiger partial charge in [0.1, 0.15) is 0 Å². The van der Waals surface area contributed by atoms with Gasteiger partial charge in [0.2, 0.25) is 0 Å². The van der Waals surface area contributed by atoms with Gasteiger partial charge in [-0.1, -0.05) is 20.8 Å². The predicted octanol–water partition coefficient (Wildman–Crippen LogP) is 1.43. The molecular weight excluding hydrogens is 122 g/mol. The van der Waals surface area contributed by atoms with Crippen LogP contribution in [0.4, 0.5) is 0 Å². The lowest BCUT2D eigenvalue weighted by atomic mass is 9.98. The number of hydrogen-bond acceptors (Lipinski definition) is 2. The Bertz CT molecular complexity index is 110. The third-order valence-electron chi connectivity index (χ3n) is 0.592. The summed E-state index contributed by atoms with van der Waals surface area (Å²) < 4.78 is 13.3. The van der Waals surface area contributed by atoms with Crippen LogP contribution in [0.25, 0.3) is 0 Å². The third-order valence-corrected chi connectivity index (χ3v) is 0.826. The molecule has 0 saturated heterocycles. The summed E-state index contributed by atoms with van der Waals surface area (Å²) in [4.78, 5) is 0. The molecule has 0 N–H and O–H groups in total. The minimum absolute atomic E-state index is 0.164. The monoisotopic (exact) mass is 133 g/mol. The molecule has 48 valence electrons. The fourth-order valence-corrected chi connectivity index (χ4v) is 0.660. The van der Waals surface area contributed by atoms with Crippen LogP contribution in [0, 0.1) is 5.41 Å². The van der Waals surface area contributed by atoms with Gasteiger partial charge >= 0.3 is 0 Å². The van der Waals surface area contributed by atoms with E-state index in [-0.39, 0.29) is 5.41 Å². The highest BCUT2D eigenvalue weighted by Crippen LogP contribution is 2.11. The van der Waals surface area contributed by atoms with Crippen LogP contribution in [0.5, 0.6) is 0 Å². The molecule has 0 amide bonds. The van der Waals surface area contributed by atoms with Crippen LogP contribution in [0.1, 0.15) is 20.8 Å². The molecule has 0 heterocycles. The first-order valence-corrected chi connectivity index (χ1v) is 3.22. The lowest BCUT2D eigenvalue weighted by Crippen LogP contribution is -2.08. The van der Waals surface area contributed by atoms with Crippen LogP contribution in [-0.2, 0) is 11.5 Å². The Kier molecular flexibility index (Phi) is 2.90. The van der Waals surface area contributed by atoms with Crippen molar-refractivity contribution in [2.24, 2.45) is 9.78 Å². The van der Waals surface area contributed by atoms with Gasteiger partial charge in [0.05, 0.1) is 6.54 Å². The van der Waals surface area contributed by atoms with E-state index >= 15 is 0 Å². The average Bonchev–Trinajstić information content (AvgIpc) is 1.59. The molecule has 2 nitrogen and oxygen atoms in total. The van der Waals surface area contributed by atoms with Crippen LogP contribution >= 0.6 is 0 Å². The first-order chi connectivity index (χ1) is 3.56. The van der Waals surface area contributed by atoms with Crippen molar-refractivity contribution >= 4 is 11.5 Å². The van der Waals surface area contributed by atoms with E-state index in [0.29, 0.717) is 18.0 Å². The fourth-order valence-electron chi connectivity index (χ4n) is 0.220. The van der Waals surface area contributed by atoms with Crippen molar-refractivity contribution in [1.82, 2.24) is 0 Å². The van der Waals surface area contributed by atoms with Crippen molar-refractivity contribution in [1.29, 1.82) is 0 Å². The predicted molar refractivity (Wildman–Crippen MR) is 34.9 cm³/mol. The van der Waals surface area contributed by atoms with Gasteiger partial charge in [-0.2, -0.15) is 8.57 Å². The molecule has 0 aromatic heterocycles. The van der Waals surface area contributed by atoms with Crippen molar-refractivity contribution in [2.45, 2.75) is 20.8 Å². The summed E-state index contributed by atoms with van der Waals surface area (Å²) in [6.07, 6.45) is 0. The second-order valence-corrected chi connectivity index (χ2v) is 3.33. The zero-order valence-corrected chi connectivity index (χ0v) is 6.29. The van der Waals surface area contributed by atoms with E-state index in [0.717, 1.165) is 0 Å². The van der Waals surface area contributed by atoms with Gasteiger partial charge in [0, 0.05) is 0 Å². The molecular formula is C5H11NOS. The molecule has 0 aliphatic carbocycles. The lowest BCUT2D eigenvalue weighted by molar-refractivity contribution is 0.431. The van der Waals surface area contributed by atoms with Gasteiger partial charge < -0.3 is 0 Å². The quantitative estimate of drug-likeness (QED) is 0.532. The summed E-state index contributed by atoms with van der Waals surface area (Å²) >= 11 is 0.303. The zero-order chi connectivity index (χ0) is 6.62. The van der Waals surface area contributed by atoms with E-state index in [4.69, 9.17) is 0 Å². The van der Waals surface area contributed by atoms with Gasteiger partial charge in [0.15, 0.2) is 11.5 Å². The van der Waals surface area contributed by atoms with Crippen LogP contribution in [0.15, 0.2) is 4.36 Å². The van der Waals surface area contributed by atoms with Crippen molar-refractivity contribution < 1.29 is 4.21 Å². The minimum Gasteiger partial charge on any atom is -0.194 e. The van der Waals surface area contributed by atoms with Gasteiger partial charge in [-0.25, -0.2) is 0 Å². The van der Waals surface area contributed by atoms with Crippen LogP contribution in [-0.4, -0.2) is 10.8 Å². The molecule has 0 aliphatic rings. The van der Waals surface area contributed by atoms with Crippen molar-refractivity contribution in [2.75, 3.05) is 6.54 Å². The van der Waals surface area contributed by atoms with Crippen LogP contribution < -0.4 is 0 Å². The molecule has 0 atom stereocenters. The molecule has 0 spiro atoms. The van der Waals surface area contributed by atoms with E-state index < -0.39 is 0 Å². The maximum absolute atomic E-state index is 9.73. The molecule has 0 aliphatic heterocycles. The Balaban J connectivity index is 3.55. The highest BCUT2D eigenvalue weighted by molar-refractivity contribution is 7.54. The van der Waals surface area contributed by atoms with Gasteiger partial charge in [-0.3, -0.25) is 0 Å². The maximum Gasteiger partial charge on any atom is 0.199 e. The Labute approximate surface area is 53.5 Å². The van der Waals surface area contributed by atoms with Crippen LogP contribution in [0.3, 0.4) is 0 Å². The summed E-state index contributed by atoms with van der Waals surface area (Å²) in [5, 5.41) is 0. The molecule has 0 saturated carbocycles. The fraction of sp³-hybridized carbons (Fsp3) is 1.00. The van der Waals surface area contributed by atoms with Gasteiger partial charge in [0.25, 0.3) is 0 Å². The lowest BCUT2D eigenvalue weighted by Gasteiger charge is -2.11. The first-order valence-electron chi connectivity index (χ1n) is 2.52. The summed E-state index contributed by atoms with van der Waals surface area (Å²) in [5.41, 5.74) is 0.164. The largest absolute Gasteiger partial charge is 0.199 e. The zero-order valence-electron chi connectivity index (χ0n) is 5.47. The maximum atomic E-state index is 9.73. The molecule has 0 aromatic rings. The topological polar surface area (TPSA) is 29.4 Å².